The molecule has 0 saturated carbocycles. The summed E-state index contributed by atoms with van der Waals surface area (Å²) < 4.78 is 5.25. The Balaban J connectivity index is 2.26. The minimum Gasteiger partial charge on any atom is -0.494 e. The van der Waals surface area contributed by atoms with Crippen LogP contribution in [0.4, 0.5) is 5.69 Å². The predicted octanol–water partition coefficient (Wildman–Crippen LogP) is 4.09. The quantitative estimate of drug-likeness (QED) is 0.734. The molecule has 0 atom stereocenters. The molecule has 0 bridgehead atoms. The molecule has 2 nitrogen and oxygen atoms in total. The molecule has 0 heterocycles. The molecule has 0 aliphatic rings. The molecular weight excluding hydrogens is 222 g/mol. The van der Waals surface area contributed by atoms with Crippen LogP contribution >= 0.6 is 0 Å². The molecule has 18 heavy (non-hydrogen) atoms. The Hall–Kier alpha value is -2.35. The highest BCUT2D eigenvalue weighted by Gasteiger charge is 1.97. The van der Waals surface area contributed by atoms with Crippen LogP contribution < -0.4 is 4.74 Å². The van der Waals surface area contributed by atoms with Gasteiger partial charge in [0.05, 0.1) is 7.11 Å². The van der Waals surface area contributed by atoms with Gasteiger partial charge in [-0.15, -0.1) is 0 Å². The van der Waals surface area contributed by atoms with Gasteiger partial charge in [0, 0.05) is 6.21 Å². The number of aliphatic imine (C=N–C) groups is 1. The van der Waals surface area contributed by atoms with E-state index in [4.69, 9.17) is 4.74 Å². The molecule has 2 aromatic carbocycles. The summed E-state index contributed by atoms with van der Waals surface area (Å²) in [6, 6.07) is 15.7. The van der Waals surface area contributed by atoms with Crippen LogP contribution in [0.25, 0.3) is 6.08 Å². The zero-order valence-electron chi connectivity index (χ0n) is 10.3. The van der Waals surface area contributed by atoms with Crippen molar-refractivity contribution in [3.05, 3.63) is 66.2 Å². The van der Waals surface area contributed by atoms with E-state index in [1.807, 2.05) is 60.8 Å². The van der Waals surface area contributed by atoms with Crippen LogP contribution in [0.15, 0.2) is 60.1 Å². The average molecular weight is 237 g/mol. The topological polar surface area (TPSA) is 21.6 Å². The second kappa shape index (κ2) is 5.82. The van der Waals surface area contributed by atoms with Gasteiger partial charge in [0.1, 0.15) is 11.4 Å². The summed E-state index contributed by atoms with van der Waals surface area (Å²) in [5.41, 5.74) is 2.95. The minimum absolute atomic E-state index is 0.772. The van der Waals surface area contributed by atoms with Gasteiger partial charge in [0.15, 0.2) is 0 Å². The number of ether oxygens (including phenoxy) is 1. The fraction of sp³-hybridized carbons (Fsp3) is 0.0625. The van der Waals surface area contributed by atoms with Crippen molar-refractivity contribution in [1.29, 1.82) is 0 Å². The summed E-state index contributed by atoms with van der Waals surface area (Å²) in [6.45, 7) is 3.75. The molecule has 2 rings (SSSR count). The zero-order chi connectivity index (χ0) is 12.8. The van der Waals surface area contributed by atoms with E-state index in [9.17, 15) is 0 Å². The molecule has 0 fully saturated rings. The Morgan fingerprint density at radius 2 is 1.83 bits per heavy atom. The first-order valence-corrected chi connectivity index (χ1v) is 5.73. The van der Waals surface area contributed by atoms with E-state index in [0.29, 0.717) is 0 Å². The summed E-state index contributed by atoms with van der Waals surface area (Å²) >= 11 is 0. The van der Waals surface area contributed by atoms with Crippen LogP contribution in [0.5, 0.6) is 5.75 Å². The SMILES string of the molecule is C=Cc1cccc(C=Nc2ccccc2OC)c1. The zero-order valence-corrected chi connectivity index (χ0v) is 10.3. The normalized spacial score (nSPS) is 10.5. The first kappa shape index (κ1) is 12.1. The smallest absolute Gasteiger partial charge is 0.144 e. The van der Waals surface area contributed by atoms with Crippen molar-refractivity contribution >= 4 is 18.0 Å². The van der Waals surface area contributed by atoms with Gasteiger partial charge in [0.2, 0.25) is 0 Å². The Bertz CT molecular complexity index is 573. The van der Waals surface area contributed by atoms with E-state index in [1.54, 1.807) is 7.11 Å². The lowest BCUT2D eigenvalue weighted by molar-refractivity contribution is 0.416. The average Bonchev–Trinajstić information content (AvgIpc) is 2.45. The highest BCUT2D eigenvalue weighted by atomic mass is 16.5. The van der Waals surface area contributed by atoms with Crippen molar-refractivity contribution in [3.8, 4) is 5.75 Å². The Labute approximate surface area is 107 Å². The first-order valence-electron chi connectivity index (χ1n) is 5.73. The van der Waals surface area contributed by atoms with Crippen LogP contribution in [-0.4, -0.2) is 13.3 Å². The van der Waals surface area contributed by atoms with E-state index in [2.05, 4.69) is 11.6 Å². The number of hydrogen-bond donors (Lipinski definition) is 0. The van der Waals surface area contributed by atoms with Crippen LogP contribution in [0, 0.1) is 0 Å². The molecule has 0 spiro atoms. The first-order chi connectivity index (χ1) is 8.83. The van der Waals surface area contributed by atoms with Gasteiger partial charge in [-0.1, -0.05) is 43.0 Å². The van der Waals surface area contributed by atoms with Gasteiger partial charge in [-0.05, 0) is 29.3 Å². The Morgan fingerprint density at radius 1 is 1.06 bits per heavy atom. The molecule has 2 heteroatoms. The fourth-order valence-corrected chi connectivity index (χ4v) is 1.65. The largest absolute Gasteiger partial charge is 0.494 e. The summed E-state index contributed by atoms with van der Waals surface area (Å²) in [7, 11) is 1.65. The molecule has 0 radical (unpaired) electrons. The number of nitrogens with zero attached hydrogens (tertiary/aromatic N) is 1. The molecule has 2 aromatic rings. The standard InChI is InChI=1S/C16H15NO/c1-3-13-7-6-8-14(11-13)12-17-15-9-4-5-10-16(15)18-2/h3-12H,1H2,2H3. The van der Waals surface area contributed by atoms with Gasteiger partial charge in [-0.3, -0.25) is 4.99 Å². The summed E-state index contributed by atoms with van der Waals surface area (Å²) in [5, 5.41) is 0. The van der Waals surface area contributed by atoms with Gasteiger partial charge in [0.25, 0.3) is 0 Å². The molecule has 0 amide bonds. The maximum atomic E-state index is 5.25. The van der Waals surface area contributed by atoms with Gasteiger partial charge >= 0.3 is 0 Å². The number of rotatable bonds is 4. The second-order valence-electron chi connectivity index (χ2n) is 3.80. The second-order valence-corrected chi connectivity index (χ2v) is 3.80. The maximum absolute atomic E-state index is 5.25. The third kappa shape index (κ3) is 2.86. The molecule has 0 aliphatic carbocycles. The van der Waals surface area contributed by atoms with Crippen molar-refractivity contribution in [3.63, 3.8) is 0 Å². The third-order valence-electron chi connectivity index (χ3n) is 2.58. The molecule has 0 saturated heterocycles. The summed E-state index contributed by atoms with van der Waals surface area (Å²) in [6.07, 6.45) is 3.64. The van der Waals surface area contributed by atoms with E-state index in [-0.39, 0.29) is 0 Å². The fourth-order valence-electron chi connectivity index (χ4n) is 1.65. The lowest BCUT2D eigenvalue weighted by atomic mass is 10.1. The molecular formula is C16H15NO. The maximum Gasteiger partial charge on any atom is 0.144 e. The number of methoxy groups -OCH3 is 1. The van der Waals surface area contributed by atoms with E-state index in [0.717, 1.165) is 22.6 Å². The molecule has 0 N–H and O–H groups in total. The van der Waals surface area contributed by atoms with E-state index < -0.39 is 0 Å². The minimum atomic E-state index is 0.772. The molecule has 0 unspecified atom stereocenters. The molecule has 90 valence electrons. The van der Waals surface area contributed by atoms with E-state index in [1.165, 1.54) is 0 Å². The number of benzene rings is 2. The molecule has 0 aromatic heterocycles. The van der Waals surface area contributed by atoms with Crippen molar-refractivity contribution in [1.82, 2.24) is 0 Å². The Morgan fingerprint density at radius 3 is 2.61 bits per heavy atom. The van der Waals surface area contributed by atoms with Crippen LogP contribution in [0.1, 0.15) is 11.1 Å². The third-order valence-corrected chi connectivity index (χ3v) is 2.58. The van der Waals surface area contributed by atoms with Gasteiger partial charge < -0.3 is 4.74 Å². The van der Waals surface area contributed by atoms with Crippen molar-refractivity contribution in [2.24, 2.45) is 4.99 Å². The summed E-state index contributed by atoms with van der Waals surface area (Å²) in [5.74, 6) is 0.772. The van der Waals surface area contributed by atoms with Crippen molar-refractivity contribution in [2.45, 2.75) is 0 Å². The predicted molar refractivity (Wildman–Crippen MR) is 76.8 cm³/mol. The van der Waals surface area contributed by atoms with Crippen LogP contribution in [-0.2, 0) is 0 Å². The highest BCUT2D eigenvalue weighted by Crippen LogP contribution is 2.26. The van der Waals surface area contributed by atoms with Gasteiger partial charge in [-0.25, -0.2) is 0 Å². The number of para-hydroxylation sites is 2. The Kier molecular flexibility index (Phi) is 3.92. The number of hydrogen-bond acceptors (Lipinski definition) is 2. The molecule has 0 aliphatic heterocycles. The van der Waals surface area contributed by atoms with E-state index >= 15 is 0 Å². The van der Waals surface area contributed by atoms with Gasteiger partial charge in [-0.2, -0.15) is 0 Å². The highest BCUT2D eigenvalue weighted by molar-refractivity contribution is 5.83. The van der Waals surface area contributed by atoms with Crippen molar-refractivity contribution in [2.75, 3.05) is 7.11 Å². The van der Waals surface area contributed by atoms with Crippen LogP contribution in [0.3, 0.4) is 0 Å². The monoisotopic (exact) mass is 237 g/mol. The lowest BCUT2D eigenvalue weighted by Crippen LogP contribution is -1.84. The summed E-state index contributed by atoms with van der Waals surface area (Å²) in [4.78, 5) is 4.44. The lowest BCUT2D eigenvalue weighted by Gasteiger charge is -2.02. The van der Waals surface area contributed by atoms with Crippen LogP contribution in [0.2, 0.25) is 0 Å². The van der Waals surface area contributed by atoms with Crippen molar-refractivity contribution < 1.29 is 4.74 Å².